The molecule has 0 atom stereocenters. The molecule has 2 rings (SSSR count). The van der Waals surface area contributed by atoms with Gasteiger partial charge in [0.25, 0.3) is 5.91 Å². The monoisotopic (exact) mass is 276 g/mol. The Kier molecular flexibility index (Phi) is 4.34. The number of nitrogens with zero attached hydrogens (tertiary/aromatic N) is 2. The number of hydrogen-bond acceptors (Lipinski definition) is 4. The van der Waals surface area contributed by atoms with Crippen molar-refractivity contribution < 1.29 is 19.1 Å². The van der Waals surface area contributed by atoms with E-state index in [4.69, 9.17) is 4.74 Å². The van der Waals surface area contributed by atoms with Gasteiger partial charge in [-0.1, -0.05) is 30.3 Å². The zero-order valence-corrected chi connectivity index (χ0v) is 11.2. The van der Waals surface area contributed by atoms with E-state index < -0.39 is 12.0 Å². The molecule has 6 heteroatoms. The summed E-state index contributed by atoms with van der Waals surface area (Å²) in [6.45, 7) is 1.89. The molecular weight excluding hydrogens is 260 g/mol. The first kappa shape index (κ1) is 14.0. The van der Waals surface area contributed by atoms with Crippen molar-refractivity contribution in [2.24, 2.45) is 0 Å². The second-order valence-corrected chi connectivity index (χ2v) is 4.41. The number of benzene rings is 1. The molecular formula is C14H16N2O4. The molecule has 1 aromatic carbocycles. The maximum absolute atomic E-state index is 12.1. The van der Waals surface area contributed by atoms with Crippen molar-refractivity contribution in [3.8, 4) is 0 Å². The lowest BCUT2D eigenvalue weighted by Crippen LogP contribution is -2.36. The van der Waals surface area contributed by atoms with Crippen molar-refractivity contribution in [3.63, 3.8) is 0 Å². The molecule has 106 valence electrons. The minimum atomic E-state index is -0.504. The van der Waals surface area contributed by atoms with Crippen LogP contribution in [0.3, 0.4) is 0 Å². The molecule has 1 aliphatic rings. The molecule has 1 heterocycles. The summed E-state index contributed by atoms with van der Waals surface area (Å²) in [5, 5.41) is 0. The van der Waals surface area contributed by atoms with Crippen LogP contribution in [0.15, 0.2) is 30.3 Å². The molecule has 1 aromatic rings. The van der Waals surface area contributed by atoms with E-state index in [1.807, 2.05) is 30.3 Å². The van der Waals surface area contributed by atoms with Crippen molar-refractivity contribution in [1.29, 1.82) is 0 Å². The number of rotatable bonds is 5. The van der Waals surface area contributed by atoms with Gasteiger partial charge in [0.05, 0.1) is 13.2 Å². The van der Waals surface area contributed by atoms with Gasteiger partial charge >= 0.3 is 12.0 Å². The fourth-order valence-corrected chi connectivity index (χ4v) is 2.00. The number of hydrogen-bond donors (Lipinski definition) is 0. The second kappa shape index (κ2) is 6.18. The van der Waals surface area contributed by atoms with Gasteiger partial charge in [-0.15, -0.1) is 0 Å². The summed E-state index contributed by atoms with van der Waals surface area (Å²) in [7, 11) is 0. The molecule has 1 saturated heterocycles. The Labute approximate surface area is 116 Å². The SMILES string of the molecule is CCOC(=O)CN1CC(=O)N(Cc2ccccc2)C1=O. The molecule has 0 saturated carbocycles. The van der Waals surface area contributed by atoms with Gasteiger partial charge < -0.3 is 9.64 Å². The Morgan fingerprint density at radius 3 is 2.60 bits per heavy atom. The van der Waals surface area contributed by atoms with Crippen molar-refractivity contribution in [2.75, 3.05) is 19.7 Å². The highest BCUT2D eigenvalue weighted by atomic mass is 16.5. The van der Waals surface area contributed by atoms with E-state index >= 15 is 0 Å². The van der Waals surface area contributed by atoms with Crippen LogP contribution in [0.5, 0.6) is 0 Å². The zero-order valence-electron chi connectivity index (χ0n) is 11.2. The van der Waals surface area contributed by atoms with Gasteiger partial charge in [0, 0.05) is 0 Å². The molecule has 6 nitrogen and oxygen atoms in total. The third-order valence-electron chi connectivity index (χ3n) is 2.94. The quantitative estimate of drug-likeness (QED) is 0.594. The lowest BCUT2D eigenvalue weighted by Gasteiger charge is -2.16. The van der Waals surface area contributed by atoms with Gasteiger partial charge in [0.1, 0.15) is 13.1 Å². The molecule has 0 aliphatic carbocycles. The largest absolute Gasteiger partial charge is 0.465 e. The maximum Gasteiger partial charge on any atom is 0.328 e. The zero-order chi connectivity index (χ0) is 14.5. The van der Waals surface area contributed by atoms with Crippen LogP contribution in [-0.4, -0.2) is 47.4 Å². The summed E-state index contributed by atoms with van der Waals surface area (Å²) < 4.78 is 4.78. The predicted octanol–water partition coefficient (Wildman–Crippen LogP) is 1.01. The van der Waals surface area contributed by atoms with E-state index in [-0.39, 0.29) is 32.1 Å². The Balaban J connectivity index is 2.00. The second-order valence-electron chi connectivity index (χ2n) is 4.41. The molecule has 0 unspecified atom stereocenters. The molecule has 1 fully saturated rings. The molecule has 0 spiro atoms. The molecule has 0 N–H and O–H groups in total. The maximum atomic E-state index is 12.1. The number of carbonyl (C=O) groups is 3. The average molecular weight is 276 g/mol. The lowest BCUT2D eigenvalue weighted by atomic mass is 10.2. The van der Waals surface area contributed by atoms with Gasteiger partial charge in [-0.3, -0.25) is 14.5 Å². The first-order valence-corrected chi connectivity index (χ1v) is 6.40. The van der Waals surface area contributed by atoms with Gasteiger partial charge in [-0.05, 0) is 12.5 Å². The van der Waals surface area contributed by atoms with Gasteiger partial charge in [-0.25, -0.2) is 4.79 Å². The van der Waals surface area contributed by atoms with Crippen molar-refractivity contribution in [3.05, 3.63) is 35.9 Å². The molecule has 0 radical (unpaired) electrons. The van der Waals surface area contributed by atoms with E-state index in [1.165, 1.54) is 4.90 Å². The molecule has 0 aromatic heterocycles. The normalized spacial score (nSPS) is 14.8. The van der Waals surface area contributed by atoms with Gasteiger partial charge in [0.2, 0.25) is 0 Å². The van der Waals surface area contributed by atoms with Crippen LogP contribution in [0.1, 0.15) is 12.5 Å². The number of urea groups is 1. The van der Waals surface area contributed by atoms with Gasteiger partial charge in [-0.2, -0.15) is 0 Å². The smallest absolute Gasteiger partial charge is 0.328 e. The topological polar surface area (TPSA) is 66.9 Å². The Hall–Kier alpha value is -2.37. The summed E-state index contributed by atoms with van der Waals surface area (Å²) in [6.07, 6.45) is 0. The van der Waals surface area contributed by atoms with Crippen molar-refractivity contribution >= 4 is 17.9 Å². The standard InChI is InChI=1S/C14H16N2O4/c1-2-20-13(18)10-15-9-12(17)16(14(15)19)8-11-6-4-3-5-7-11/h3-7H,2,8-10H2,1H3. The Morgan fingerprint density at radius 2 is 1.95 bits per heavy atom. The third-order valence-corrected chi connectivity index (χ3v) is 2.94. The van der Waals surface area contributed by atoms with Crippen LogP contribution in [0.2, 0.25) is 0 Å². The van der Waals surface area contributed by atoms with E-state index in [2.05, 4.69) is 0 Å². The van der Waals surface area contributed by atoms with Crippen molar-refractivity contribution in [2.45, 2.75) is 13.5 Å². The van der Waals surface area contributed by atoms with Crippen LogP contribution in [0.25, 0.3) is 0 Å². The van der Waals surface area contributed by atoms with Gasteiger partial charge in [0.15, 0.2) is 0 Å². The number of esters is 1. The predicted molar refractivity (Wildman–Crippen MR) is 70.6 cm³/mol. The van der Waals surface area contributed by atoms with E-state index in [0.29, 0.717) is 0 Å². The van der Waals surface area contributed by atoms with E-state index in [0.717, 1.165) is 10.5 Å². The fourth-order valence-electron chi connectivity index (χ4n) is 2.00. The molecule has 1 aliphatic heterocycles. The Morgan fingerprint density at radius 1 is 1.25 bits per heavy atom. The van der Waals surface area contributed by atoms with Crippen LogP contribution >= 0.6 is 0 Å². The lowest BCUT2D eigenvalue weighted by molar-refractivity contribution is -0.143. The number of imide groups is 1. The molecule has 3 amide bonds. The van der Waals surface area contributed by atoms with E-state index in [9.17, 15) is 14.4 Å². The first-order chi connectivity index (χ1) is 9.61. The Bertz CT molecular complexity index is 515. The summed E-state index contributed by atoms with van der Waals surface area (Å²) in [5.74, 6) is -0.807. The highest BCUT2D eigenvalue weighted by molar-refractivity contribution is 6.03. The molecule has 20 heavy (non-hydrogen) atoms. The summed E-state index contributed by atoms with van der Waals surface area (Å²) in [6, 6.07) is 8.78. The summed E-state index contributed by atoms with van der Waals surface area (Å²) >= 11 is 0. The van der Waals surface area contributed by atoms with Crippen LogP contribution in [0.4, 0.5) is 4.79 Å². The minimum absolute atomic E-state index is 0.0789. The highest BCUT2D eigenvalue weighted by Crippen LogP contribution is 2.14. The minimum Gasteiger partial charge on any atom is -0.465 e. The summed E-state index contributed by atoms with van der Waals surface area (Å²) in [5.41, 5.74) is 0.868. The number of carbonyl (C=O) groups excluding carboxylic acids is 3. The summed E-state index contributed by atoms with van der Waals surface area (Å²) in [4.78, 5) is 37.6. The molecule has 0 bridgehead atoms. The van der Waals surface area contributed by atoms with Crippen LogP contribution < -0.4 is 0 Å². The number of ether oxygens (including phenoxy) is 1. The average Bonchev–Trinajstić information content (AvgIpc) is 2.68. The van der Waals surface area contributed by atoms with Crippen molar-refractivity contribution in [1.82, 2.24) is 9.80 Å². The van der Waals surface area contributed by atoms with E-state index in [1.54, 1.807) is 6.92 Å². The van der Waals surface area contributed by atoms with Crippen LogP contribution in [0, 0.1) is 0 Å². The first-order valence-electron chi connectivity index (χ1n) is 6.40. The number of amides is 3. The highest BCUT2D eigenvalue weighted by Gasteiger charge is 2.36. The fraction of sp³-hybridized carbons (Fsp3) is 0.357. The van der Waals surface area contributed by atoms with Crippen LogP contribution in [-0.2, 0) is 20.9 Å². The third kappa shape index (κ3) is 3.14.